The van der Waals surface area contributed by atoms with Crippen molar-refractivity contribution >= 4 is 24.2 Å². The summed E-state index contributed by atoms with van der Waals surface area (Å²) >= 11 is 0. The van der Waals surface area contributed by atoms with Crippen molar-refractivity contribution in [1.82, 2.24) is 15.1 Å². The van der Waals surface area contributed by atoms with Crippen LogP contribution < -0.4 is 5.32 Å². The summed E-state index contributed by atoms with van der Waals surface area (Å²) in [5.41, 5.74) is 0.130. The molecule has 9 heteroatoms. The summed E-state index contributed by atoms with van der Waals surface area (Å²) in [4.78, 5) is 28.0. The van der Waals surface area contributed by atoms with E-state index in [9.17, 15) is 22.8 Å². The minimum absolute atomic E-state index is 0. The smallest absolute Gasteiger partial charge is 0.342 e. The molecule has 3 rings (SSSR count). The predicted molar refractivity (Wildman–Crippen MR) is 97.5 cm³/mol. The zero-order chi connectivity index (χ0) is 18.9. The van der Waals surface area contributed by atoms with E-state index in [0.29, 0.717) is 19.4 Å². The normalized spacial score (nSPS) is 27.0. The van der Waals surface area contributed by atoms with Crippen LogP contribution in [0.1, 0.15) is 39.0 Å². The number of carbonyl (C=O) groups is 2. The van der Waals surface area contributed by atoms with Crippen molar-refractivity contribution in [2.24, 2.45) is 17.3 Å². The van der Waals surface area contributed by atoms with Gasteiger partial charge in [-0.15, -0.1) is 12.4 Å². The van der Waals surface area contributed by atoms with Crippen molar-refractivity contribution in [3.8, 4) is 0 Å². The third-order valence-corrected chi connectivity index (χ3v) is 6.23. The quantitative estimate of drug-likeness (QED) is 0.773. The second-order valence-corrected chi connectivity index (χ2v) is 7.96. The van der Waals surface area contributed by atoms with Crippen LogP contribution in [-0.2, 0) is 9.59 Å². The summed E-state index contributed by atoms with van der Waals surface area (Å²) in [6, 6.07) is 0. The first-order chi connectivity index (χ1) is 12.3. The van der Waals surface area contributed by atoms with Crippen molar-refractivity contribution < 1.29 is 22.8 Å². The minimum atomic E-state index is -4.40. The molecule has 3 fully saturated rings. The molecule has 2 saturated heterocycles. The Bertz CT molecular complexity index is 552. The number of piperidine rings is 2. The van der Waals surface area contributed by atoms with Crippen LogP contribution in [0, 0.1) is 17.3 Å². The Hall–Kier alpha value is -1.02. The van der Waals surface area contributed by atoms with Gasteiger partial charge in [-0.3, -0.25) is 9.59 Å². The van der Waals surface area contributed by atoms with Crippen LogP contribution in [0.5, 0.6) is 0 Å². The first-order valence-corrected chi connectivity index (χ1v) is 9.61. The lowest BCUT2D eigenvalue weighted by atomic mass is 9.90. The van der Waals surface area contributed by atoms with E-state index in [1.807, 2.05) is 0 Å². The number of nitrogens with zero attached hydrogens (tertiary/aromatic N) is 2. The monoisotopic (exact) mass is 411 g/mol. The van der Waals surface area contributed by atoms with Crippen molar-refractivity contribution in [1.29, 1.82) is 0 Å². The lowest BCUT2D eigenvalue weighted by Gasteiger charge is -2.35. The molecule has 156 valence electrons. The molecule has 2 aliphatic heterocycles. The molecule has 27 heavy (non-hydrogen) atoms. The molecule has 0 bridgehead atoms. The van der Waals surface area contributed by atoms with E-state index in [4.69, 9.17) is 0 Å². The van der Waals surface area contributed by atoms with Gasteiger partial charge in [0.1, 0.15) is 6.54 Å². The second kappa shape index (κ2) is 8.55. The maximum Gasteiger partial charge on any atom is 0.406 e. The van der Waals surface area contributed by atoms with E-state index in [2.05, 4.69) is 5.32 Å². The maximum atomic E-state index is 12.9. The summed E-state index contributed by atoms with van der Waals surface area (Å²) in [7, 11) is 0. The van der Waals surface area contributed by atoms with Crippen LogP contribution in [0.4, 0.5) is 13.2 Å². The van der Waals surface area contributed by atoms with Crippen molar-refractivity contribution in [3.63, 3.8) is 0 Å². The molecule has 0 aromatic heterocycles. The van der Waals surface area contributed by atoms with Gasteiger partial charge in [-0.25, -0.2) is 0 Å². The fourth-order valence-corrected chi connectivity index (χ4v) is 4.59. The summed E-state index contributed by atoms with van der Waals surface area (Å²) in [5.74, 6) is -0.855. The van der Waals surface area contributed by atoms with Gasteiger partial charge >= 0.3 is 6.18 Å². The molecule has 0 aromatic rings. The average molecular weight is 412 g/mol. The predicted octanol–water partition coefficient (Wildman–Crippen LogP) is 2.45. The van der Waals surface area contributed by atoms with E-state index < -0.39 is 24.5 Å². The Morgan fingerprint density at radius 3 is 2.52 bits per heavy atom. The lowest BCUT2D eigenvalue weighted by Crippen LogP contribution is -2.49. The standard InChI is InChI=1S/C18H28F3N3O2.ClH/c1-2-23(12-18(19,20)21)15(25)13-4-3-9-24(11-13)16(26)14-10-17(14)5-7-22-8-6-17;/h13-14,22H,2-12H2,1H3;1H. The molecule has 1 saturated carbocycles. The van der Waals surface area contributed by atoms with Gasteiger partial charge < -0.3 is 15.1 Å². The molecule has 1 aliphatic carbocycles. The molecule has 5 nitrogen and oxygen atoms in total. The van der Waals surface area contributed by atoms with Crippen LogP contribution in [0.3, 0.4) is 0 Å². The highest BCUT2D eigenvalue weighted by atomic mass is 35.5. The van der Waals surface area contributed by atoms with Crippen molar-refractivity contribution in [2.45, 2.75) is 45.2 Å². The number of hydrogen-bond donors (Lipinski definition) is 1. The highest BCUT2D eigenvalue weighted by molar-refractivity contribution is 5.85. The maximum absolute atomic E-state index is 12.9. The van der Waals surface area contributed by atoms with Crippen molar-refractivity contribution in [3.05, 3.63) is 0 Å². The highest BCUT2D eigenvalue weighted by Crippen LogP contribution is 2.59. The zero-order valence-corrected chi connectivity index (χ0v) is 16.5. The number of halogens is 4. The SMILES string of the molecule is CCN(CC(F)(F)F)C(=O)C1CCCN(C(=O)C2CC23CCNCC3)C1.Cl. The third kappa shape index (κ3) is 5.08. The fraction of sp³-hybridized carbons (Fsp3) is 0.889. The van der Waals surface area contributed by atoms with Gasteiger partial charge in [0.05, 0.1) is 5.92 Å². The third-order valence-electron chi connectivity index (χ3n) is 6.23. The topological polar surface area (TPSA) is 52.7 Å². The Labute approximate surface area is 164 Å². The van der Waals surface area contributed by atoms with Crippen LogP contribution in [0.25, 0.3) is 0 Å². The molecule has 2 atom stereocenters. The minimum Gasteiger partial charge on any atom is -0.342 e. The Kier molecular flexibility index (Phi) is 7.06. The molecule has 2 amide bonds. The highest BCUT2D eigenvalue weighted by Gasteiger charge is 2.58. The molecule has 2 heterocycles. The molecule has 0 radical (unpaired) electrons. The van der Waals surface area contributed by atoms with E-state index in [-0.39, 0.29) is 42.7 Å². The average Bonchev–Trinajstić information content (AvgIpc) is 3.31. The molecular formula is C18H29ClF3N3O2. The largest absolute Gasteiger partial charge is 0.406 e. The molecular weight excluding hydrogens is 383 g/mol. The van der Waals surface area contributed by atoms with Crippen LogP contribution in [-0.4, -0.2) is 67.1 Å². The van der Waals surface area contributed by atoms with Gasteiger partial charge in [0, 0.05) is 25.6 Å². The first-order valence-electron chi connectivity index (χ1n) is 9.61. The van der Waals surface area contributed by atoms with Crippen LogP contribution in [0.2, 0.25) is 0 Å². The number of nitrogens with one attached hydrogen (secondary N) is 1. The van der Waals surface area contributed by atoms with Gasteiger partial charge in [0.15, 0.2) is 0 Å². The molecule has 2 unspecified atom stereocenters. The van der Waals surface area contributed by atoms with Crippen LogP contribution in [0.15, 0.2) is 0 Å². The number of hydrogen-bond acceptors (Lipinski definition) is 3. The lowest BCUT2D eigenvalue weighted by molar-refractivity contribution is -0.165. The Morgan fingerprint density at radius 1 is 1.26 bits per heavy atom. The summed E-state index contributed by atoms with van der Waals surface area (Å²) in [6.45, 7) is 3.12. The Morgan fingerprint density at radius 2 is 1.93 bits per heavy atom. The number of amides is 2. The number of rotatable bonds is 4. The van der Waals surface area contributed by atoms with E-state index in [1.165, 1.54) is 0 Å². The van der Waals surface area contributed by atoms with Crippen molar-refractivity contribution in [2.75, 3.05) is 39.3 Å². The van der Waals surface area contributed by atoms with Gasteiger partial charge in [0.25, 0.3) is 0 Å². The summed E-state index contributed by atoms with van der Waals surface area (Å²) < 4.78 is 38.0. The van der Waals surface area contributed by atoms with E-state index in [1.54, 1.807) is 11.8 Å². The second-order valence-electron chi connectivity index (χ2n) is 7.96. The molecule has 1 N–H and O–H groups in total. The summed E-state index contributed by atoms with van der Waals surface area (Å²) in [5, 5.41) is 3.31. The van der Waals surface area contributed by atoms with Gasteiger partial charge in [0.2, 0.25) is 11.8 Å². The fourth-order valence-electron chi connectivity index (χ4n) is 4.59. The van der Waals surface area contributed by atoms with Gasteiger partial charge in [-0.05, 0) is 57.5 Å². The van der Waals surface area contributed by atoms with Crippen LogP contribution >= 0.6 is 12.4 Å². The summed E-state index contributed by atoms with van der Waals surface area (Å²) in [6.07, 6.45) is -0.240. The number of alkyl halides is 3. The van der Waals surface area contributed by atoms with E-state index in [0.717, 1.165) is 37.3 Å². The number of likely N-dealkylation sites (tertiary alicyclic amines) is 1. The van der Waals surface area contributed by atoms with E-state index >= 15 is 0 Å². The molecule has 1 spiro atoms. The first kappa shape index (κ1) is 22.3. The number of carbonyl (C=O) groups excluding carboxylic acids is 2. The zero-order valence-electron chi connectivity index (χ0n) is 15.7. The van der Waals surface area contributed by atoms with Gasteiger partial charge in [-0.1, -0.05) is 0 Å². The van der Waals surface area contributed by atoms with Gasteiger partial charge in [-0.2, -0.15) is 13.2 Å². The molecule has 3 aliphatic rings. The molecule has 0 aromatic carbocycles. The Balaban J connectivity index is 0.00000261.